The predicted octanol–water partition coefficient (Wildman–Crippen LogP) is 8.30. The van der Waals surface area contributed by atoms with Crippen LogP contribution < -0.4 is 28.3 Å². The van der Waals surface area contributed by atoms with E-state index < -0.39 is 0 Å². The summed E-state index contributed by atoms with van der Waals surface area (Å²) >= 11 is 12.9. The highest BCUT2D eigenvalue weighted by molar-refractivity contribution is 7.80. The van der Waals surface area contributed by atoms with E-state index in [-0.39, 0.29) is 0 Å². The monoisotopic (exact) mass is 581 g/mol. The van der Waals surface area contributed by atoms with Gasteiger partial charge in [-0.2, -0.15) is 0 Å². The van der Waals surface area contributed by atoms with E-state index in [9.17, 15) is 0 Å². The van der Waals surface area contributed by atoms with Gasteiger partial charge in [0, 0.05) is 70.4 Å². The third kappa shape index (κ3) is 7.30. The Balaban J connectivity index is 0.000000152. The molecule has 0 aliphatic heterocycles. The van der Waals surface area contributed by atoms with Crippen LogP contribution in [0.25, 0.3) is 21.5 Å². The highest BCUT2D eigenvalue weighted by Gasteiger charge is 2.07. The molecule has 0 heterocycles. The molecule has 0 amide bonds. The SMILES string of the molecule is Nc1ccc(N)c2cc(S)ccc12.Nc1ccc(Nc2ccccc2)c2c(S)cccc12.Nc1ccc(S)cc1. The lowest BCUT2D eigenvalue weighted by Gasteiger charge is -2.13. The van der Waals surface area contributed by atoms with Crippen molar-refractivity contribution in [2.24, 2.45) is 0 Å². The van der Waals surface area contributed by atoms with Crippen LogP contribution in [0, 0.1) is 0 Å². The maximum absolute atomic E-state index is 6.03. The van der Waals surface area contributed by atoms with Crippen LogP contribution in [0.2, 0.25) is 0 Å². The van der Waals surface area contributed by atoms with Gasteiger partial charge in [-0.15, -0.1) is 37.9 Å². The van der Waals surface area contributed by atoms with Crippen LogP contribution in [-0.4, -0.2) is 0 Å². The molecule has 202 valence electrons. The summed E-state index contributed by atoms with van der Waals surface area (Å²) in [6, 6.07) is 36.7. The molecule has 0 saturated carbocycles. The number of fused-ring (bicyclic) bond motifs is 2. The van der Waals surface area contributed by atoms with Gasteiger partial charge >= 0.3 is 0 Å². The van der Waals surface area contributed by atoms with Gasteiger partial charge in [0.1, 0.15) is 0 Å². The van der Waals surface area contributed by atoms with E-state index >= 15 is 0 Å². The number of hydrogen-bond acceptors (Lipinski definition) is 8. The molecule has 0 bridgehead atoms. The zero-order valence-electron chi connectivity index (χ0n) is 21.6. The van der Waals surface area contributed by atoms with Crippen molar-refractivity contribution in [3.8, 4) is 0 Å². The first-order chi connectivity index (χ1) is 19.2. The minimum Gasteiger partial charge on any atom is -0.399 e. The fourth-order valence-corrected chi connectivity index (χ4v) is 4.73. The Kier molecular flexibility index (Phi) is 9.60. The molecule has 0 radical (unpaired) electrons. The molecule has 6 aromatic rings. The second-order valence-electron chi connectivity index (χ2n) is 8.96. The molecule has 0 saturated heterocycles. The van der Waals surface area contributed by atoms with Crippen LogP contribution in [0.15, 0.2) is 130 Å². The zero-order valence-corrected chi connectivity index (χ0v) is 24.3. The number of nitrogens with one attached hydrogen (secondary N) is 1. The molecule has 6 rings (SSSR count). The first-order valence-corrected chi connectivity index (χ1v) is 13.7. The van der Waals surface area contributed by atoms with Gasteiger partial charge in [-0.1, -0.05) is 36.4 Å². The van der Waals surface area contributed by atoms with E-state index in [1.807, 2.05) is 115 Å². The average Bonchev–Trinajstić information content (AvgIpc) is 2.95. The molecule has 0 unspecified atom stereocenters. The van der Waals surface area contributed by atoms with E-state index in [2.05, 4.69) is 43.2 Å². The van der Waals surface area contributed by atoms with Crippen molar-refractivity contribution in [1.82, 2.24) is 0 Å². The lowest BCUT2D eigenvalue weighted by Crippen LogP contribution is -1.94. The van der Waals surface area contributed by atoms with Crippen molar-refractivity contribution in [2.75, 3.05) is 28.3 Å². The first-order valence-electron chi connectivity index (χ1n) is 12.4. The standard InChI is InChI=1S/C16H14N2S.C10H10N2S.C6H7NS/c17-13-9-10-14(18-11-5-2-1-3-6-11)16-12(13)7-4-8-15(16)19;11-9-3-4-10(12)8-5-6(13)1-2-7(8)9;7-5-1-3-6(8)4-2-5/h1-10,18-19H,17H2;1-5,13H,11-12H2;1-4,8H,7H2. The molecule has 9 N–H and O–H groups in total. The van der Waals surface area contributed by atoms with Gasteiger partial charge in [0.05, 0.1) is 0 Å². The number of thiol groups is 3. The summed E-state index contributed by atoms with van der Waals surface area (Å²) < 4.78 is 0. The summed E-state index contributed by atoms with van der Waals surface area (Å²) in [6.07, 6.45) is 0. The number of nitrogens with two attached hydrogens (primary N) is 4. The largest absolute Gasteiger partial charge is 0.399 e. The predicted molar refractivity (Wildman–Crippen MR) is 183 cm³/mol. The van der Waals surface area contributed by atoms with Gasteiger partial charge in [-0.25, -0.2) is 0 Å². The smallest absolute Gasteiger partial charge is 0.0476 e. The second-order valence-corrected chi connectivity index (χ2v) is 10.5. The number of para-hydroxylation sites is 1. The van der Waals surface area contributed by atoms with Gasteiger partial charge in [0.25, 0.3) is 0 Å². The molecule has 8 heteroatoms. The summed E-state index contributed by atoms with van der Waals surface area (Å²) in [5, 5.41) is 7.43. The summed E-state index contributed by atoms with van der Waals surface area (Å²) in [4.78, 5) is 2.76. The van der Waals surface area contributed by atoms with Gasteiger partial charge in [-0.3, -0.25) is 0 Å². The van der Waals surface area contributed by atoms with Gasteiger partial charge in [-0.05, 0) is 78.9 Å². The van der Waals surface area contributed by atoms with E-state index in [1.54, 1.807) is 0 Å². The summed E-state index contributed by atoms with van der Waals surface area (Å²) in [5.74, 6) is 0. The highest BCUT2D eigenvalue weighted by Crippen LogP contribution is 2.34. The summed E-state index contributed by atoms with van der Waals surface area (Å²) in [6.45, 7) is 0. The van der Waals surface area contributed by atoms with Crippen molar-refractivity contribution in [2.45, 2.75) is 14.7 Å². The lowest BCUT2D eigenvalue weighted by atomic mass is 10.1. The van der Waals surface area contributed by atoms with Crippen LogP contribution in [-0.2, 0) is 0 Å². The van der Waals surface area contributed by atoms with Gasteiger partial charge in [0.15, 0.2) is 0 Å². The Morgan fingerprint density at radius 2 is 1.07 bits per heavy atom. The maximum atomic E-state index is 6.03. The fourth-order valence-electron chi connectivity index (χ4n) is 4.05. The molecular formula is C32H31N5S3. The van der Waals surface area contributed by atoms with E-state index in [1.165, 1.54) is 0 Å². The zero-order chi connectivity index (χ0) is 28.6. The molecule has 0 atom stereocenters. The Hall–Kier alpha value is -4.11. The number of rotatable bonds is 2. The summed E-state index contributed by atoms with van der Waals surface area (Å²) in [5.41, 5.74) is 28.1. The van der Waals surface area contributed by atoms with E-state index in [0.29, 0.717) is 0 Å². The average molecular weight is 582 g/mol. The molecule has 40 heavy (non-hydrogen) atoms. The third-order valence-electron chi connectivity index (χ3n) is 6.07. The van der Waals surface area contributed by atoms with Crippen molar-refractivity contribution in [1.29, 1.82) is 0 Å². The van der Waals surface area contributed by atoms with Crippen molar-refractivity contribution in [3.05, 3.63) is 115 Å². The Bertz CT molecular complexity index is 1720. The quantitative estimate of drug-likeness (QED) is 0.0773. The van der Waals surface area contributed by atoms with Crippen LogP contribution in [0.4, 0.5) is 34.1 Å². The molecule has 0 fully saturated rings. The lowest BCUT2D eigenvalue weighted by molar-refractivity contribution is 1.48. The summed E-state index contributed by atoms with van der Waals surface area (Å²) in [7, 11) is 0. The van der Waals surface area contributed by atoms with E-state index in [0.717, 1.165) is 70.4 Å². The van der Waals surface area contributed by atoms with Crippen LogP contribution in [0.3, 0.4) is 0 Å². The Morgan fingerprint density at radius 3 is 1.75 bits per heavy atom. The Morgan fingerprint density at radius 1 is 0.475 bits per heavy atom. The van der Waals surface area contributed by atoms with Gasteiger partial charge in [0.2, 0.25) is 0 Å². The number of benzene rings is 6. The third-order valence-corrected chi connectivity index (χ3v) is 7.01. The molecular weight excluding hydrogens is 551 g/mol. The second kappa shape index (κ2) is 13.3. The van der Waals surface area contributed by atoms with Crippen LogP contribution in [0.5, 0.6) is 0 Å². The molecule has 5 nitrogen and oxygen atoms in total. The molecule has 0 spiro atoms. The topological polar surface area (TPSA) is 116 Å². The van der Waals surface area contributed by atoms with Crippen molar-refractivity contribution < 1.29 is 0 Å². The molecule has 0 aliphatic carbocycles. The van der Waals surface area contributed by atoms with Crippen molar-refractivity contribution in [3.63, 3.8) is 0 Å². The number of hydrogen-bond donors (Lipinski definition) is 8. The minimum atomic E-state index is 0.736. The molecule has 0 aliphatic rings. The maximum Gasteiger partial charge on any atom is 0.0476 e. The minimum absolute atomic E-state index is 0.736. The van der Waals surface area contributed by atoms with Crippen LogP contribution >= 0.6 is 37.9 Å². The normalized spacial score (nSPS) is 10.3. The fraction of sp³-hybridized carbons (Fsp3) is 0. The van der Waals surface area contributed by atoms with Crippen molar-refractivity contribution >= 4 is 93.6 Å². The number of nitrogen functional groups attached to an aromatic ring is 4. The highest BCUT2D eigenvalue weighted by atomic mass is 32.1. The molecule has 0 aromatic heterocycles. The van der Waals surface area contributed by atoms with E-state index in [4.69, 9.17) is 22.9 Å². The van der Waals surface area contributed by atoms with Crippen LogP contribution in [0.1, 0.15) is 0 Å². The van der Waals surface area contributed by atoms with Gasteiger partial charge < -0.3 is 28.3 Å². The Labute approximate surface area is 250 Å². The number of anilines is 6. The molecule has 6 aromatic carbocycles. The first kappa shape index (κ1) is 28.9.